The number of rotatable bonds is 7. The van der Waals surface area contributed by atoms with Gasteiger partial charge in [0.15, 0.2) is 0 Å². The number of carbonyl (C=O) groups is 1. The molecule has 0 amide bonds. The molecule has 1 atom stereocenters. The Morgan fingerprint density at radius 2 is 2.05 bits per heavy atom. The molecule has 1 unspecified atom stereocenters. The Bertz CT molecular complexity index is 627. The number of sulfonamides is 1. The van der Waals surface area contributed by atoms with Crippen molar-refractivity contribution in [2.45, 2.75) is 37.2 Å². The van der Waals surface area contributed by atoms with Gasteiger partial charge in [0.05, 0.1) is 16.1 Å². The molecule has 1 aromatic rings. The van der Waals surface area contributed by atoms with E-state index in [1.54, 1.807) is 6.92 Å². The van der Waals surface area contributed by atoms with Crippen molar-refractivity contribution < 1.29 is 23.4 Å². The van der Waals surface area contributed by atoms with Gasteiger partial charge in [0.2, 0.25) is 10.0 Å². The largest absolute Gasteiger partial charge is 0.478 e. The molecule has 0 bridgehead atoms. The molecule has 0 aromatic heterocycles. The van der Waals surface area contributed by atoms with E-state index in [-0.39, 0.29) is 21.5 Å². The molecule has 0 aliphatic carbocycles. The van der Waals surface area contributed by atoms with Gasteiger partial charge in [-0.05, 0) is 47.5 Å². The van der Waals surface area contributed by atoms with Crippen LogP contribution < -0.4 is 4.72 Å². The Hall–Kier alpha value is -0.960. The van der Waals surface area contributed by atoms with Crippen molar-refractivity contribution in [2.24, 2.45) is 0 Å². The van der Waals surface area contributed by atoms with Gasteiger partial charge in [-0.1, -0.05) is 13.3 Å². The molecule has 0 radical (unpaired) electrons. The molecule has 0 saturated carbocycles. The predicted molar refractivity (Wildman–Crippen MR) is 81.8 cm³/mol. The lowest BCUT2D eigenvalue weighted by molar-refractivity contribution is 0.0554. The molecule has 6 nitrogen and oxygen atoms in total. The van der Waals surface area contributed by atoms with Crippen molar-refractivity contribution in [3.05, 3.63) is 28.2 Å². The summed E-state index contributed by atoms with van der Waals surface area (Å²) in [6, 6.07) is 3.65. The molecule has 0 saturated heterocycles. The SMILES string of the molecule is CCCC(C)(O)CNS(=O)(=O)c1ccc(C(=O)O)cc1Br. The topological polar surface area (TPSA) is 104 Å². The highest BCUT2D eigenvalue weighted by atomic mass is 79.9. The number of benzene rings is 1. The first-order valence-corrected chi connectivity index (χ1v) is 8.61. The summed E-state index contributed by atoms with van der Waals surface area (Å²) in [5.74, 6) is -1.14. The molecule has 0 aliphatic heterocycles. The molecule has 21 heavy (non-hydrogen) atoms. The number of aromatic carboxylic acids is 1. The summed E-state index contributed by atoms with van der Waals surface area (Å²) in [5, 5.41) is 18.8. The average Bonchev–Trinajstić information content (AvgIpc) is 2.36. The Morgan fingerprint density at radius 1 is 1.43 bits per heavy atom. The molecule has 0 heterocycles. The fourth-order valence-electron chi connectivity index (χ4n) is 1.81. The smallest absolute Gasteiger partial charge is 0.335 e. The van der Waals surface area contributed by atoms with E-state index in [9.17, 15) is 18.3 Å². The molecule has 0 aliphatic rings. The van der Waals surface area contributed by atoms with Crippen LogP contribution >= 0.6 is 15.9 Å². The van der Waals surface area contributed by atoms with Crippen LogP contribution in [0.15, 0.2) is 27.6 Å². The van der Waals surface area contributed by atoms with E-state index in [1.165, 1.54) is 18.2 Å². The minimum absolute atomic E-state index is 0.0150. The molecule has 1 rings (SSSR count). The van der Waals surface area contributed by atoms with E-state index in [2.05, 4.69) is 20.7 Å². The highest BCUT2D eigenvalue weighted by Gasteiger charge is 2.25. The normalized spacial score (nSPS) is 14.7. The van der Waals surface area contributed by atoms with Gasteiger partial charge in [0.1, 0.15) is 0 Å². The van der Waals surface area contributed by atoms with Gasteiger partial charge >= 0.3 is 5.97 Å². The lowest BCUT2D eigenvalue weighted by Crippen LogP contribution is -2.40. The maximum Gasteiger partial charge on any atom is 0.335 e. The van der Waals surface area contributed by atoms with Crippen LogP contribution in [0.3, 0.4) is 0 Å². The van der Waals surface area contributed by atoms with Gasteiger partial charge in [-0.15, -0.1) is 0 Å². The van der Waals surface area contributed by atoms with Crippen molar-refractivity contribution in [3.63, 3.8) is 0 Å². The molecule has 0 spiro atoms. The second-order valence-electron chi connectivity index (χ2n) is 5.02. The van der Waals surface area contributed by atoms with Gasteiger partial charge in [-0.2, -0.15) is 0 Å². The maximum absolute atomic E-state index is 12.2. The summed E-state index contributed by atoms with van der Waals surface area (Å²) in [6.45, 7) is 3.34. The summed E-state index contributed by atoms with van der Waals surface area (Å²) >= 11 is 3.06. The number of halogens is 1. The predicted octanol–water partition coefficient (Wildman–Crippen LogP) is 1.98. The summed E-state index contributed by atoms with van der Waals surface area (Å²) in [7, 11) is -3.83. The fraction of sp³-hybridized carbons (Fsp3) is 0.462. The number of nitrogens with one attached hydrogen (secondary N) is 1. The third-order valence-corrected chi connectivity index (χ3v) is 5.28. The summed E-state index contributed by atoms with van der Waals surface area (Å²) in [6.07, 6.45) is 1.19. The van der Waals surface area contributed by atoms with Crippen LogP contribution in [-0.4, -0.2) is 36.7 Å². The molecule has 118 valence electrons. The van der Waals surface area contributed by atoms with Crippen molar-refractivity contribution in [2.75, 3.05) is 6.54 Å². The second kappa shape index (κ2) is 6.87. The van der Waals surface area contributed by atoms with Crippen molar-refractivity contribution in [1.82, 2.24) is 4.72 Å². The molecule has 0 fully saturated rings. The zero-order chi connectivity index (χ0) is 16.3. The number of hydrogen-bond donors (Lipinski definition) is 3. The van der Waals surface area contributed by atoms with Crippen LogP contribution in [-0.2, 0) is 10.0 Å². The number of hydrogen-bond acceptors (Lipinski definition) is 4. The summed E-state index contributed by atoms with van der Waals surface area (Å²) in [5.41, 5.74) is -1.14. The zero-order valence-electron chi connectivity index (χ0n) is 11.8. The van der Waals surface area contributed by atoms with Crippen molar-refractivity contribution >= 4 is 31.9 Å². The third kappa shape index (κ3) is 5.06. The van der Waals surface area contributed by atoms with Crippen LogP contribution in [0.25, 0.3) is 0 Å². The lowest BCUT2D eigenvalue weighted by Gasteiger charge is -2.23. The fourth-order valence-corrected chi connectivity index (χ4v) is 4.04. The van der Waals surface area contributed by atoms with Crippen LogP contribution in [0, 0.1) is 0 Å². The van der Waals surface area contributed by atoms with Crippen LogP contribution in [0.2, 0.25) is 0 Å². The van der Waals surface area contributed by atoms with E-state index in [0.29, 0.717) is 6.42 Å². The molecular formula is C13H18BrNO5S. The Kier molecular flexibility index (Phi) is 5.92. The highest BCUT2D eigenvalue weighted by Crippen LogP contribution is 2.23. The lowest BCUT2D eigenvalue weighted by atomic mass is 10.0. The molecule has 3 N–H and O–H groups in total. The minimum atomic E-state index is -3.83. The molecule has 1 aromatic carbocycles. The van der Waals surface area contributed by atoms with Crippen molar-refractivity contribution in [3.8, 4) is 0 Å². The molecular weight excluding hydrogens is 362 g/mol. The van der Waals surface area contributed by atoms with Gasteiger partial charge in [0.25, 0.3) is 0 Å². The number of aliphatic hydroxyl groups is 1. The van der Waals surface area contributed by atoms with Crippen LogP contribution in [0.1, 0.15) is 37.0 Å². The van der Waals surface area contributed by atoms with E-state index >= 15 is 0 Å². The Morgan fingerprint density at radius 3 is 2.52 bits per heavy atom. The number of carboxylic acids is 1. The quantitative estimate of drug-likeness (QED) is 0.671. The van der Waals surface area contributed by atoms with E-state index in [1.807, 2.05) is 6.92 Å². The van der Waals surface area contributed by atoms with Gasteiger partial charge in [-0.25, -0.2) is 17.9 Å². The van der Waals surface area contributed by atoms with E-state index < -0.39 is 21.6 Å². The second-order valence-corrected chi connectivity index (χ2v) is 7.61. The van der Waals surface area contributed by atoms with E-state index in [4.69, 9.17) is 5.11 Å². The van der Waals surface area contributed by atoms with E-state index in [0.717, 1.165) is 6.42 Å². The zero-order valence-corrected chi connectivity index (χ0v) is 14.2. The van der Waals surface area contributed by atoms with Gasteiger partial charge < -0.3 is 10.2 Å². The first-order valence-electron chi connectivity index (χ1n) is 6.34. The first kappa shape index (κ1) is 18.1. The Labute approximate surface area is 132 Å². The van der Waals surface area contributed by atoms with Crippen LogP contribution in [0.4, 0.5) is 0 Å². The minimum Gasteiger partial charge on any atom is -0.478 e. The standard InChI is InChI=1S/C13H18BrNO5S/c1-3-6-13(2,18)8-15-21(19,20)11-5-4-9(12(16)17)7-10(11)14/h4-5,7,15,18H,3,6,8H2,1-2H3,(H,16,17). The van der Waals surface area contributed by atoms with Crippen LogP contribution in [0.5, 0.6) is 0 Å². The van der Waals surface area contributed by atoms with Gasteiger partial charge in [-0.3, -0.25) is 0 Å². The van der Waals surface area contributed by atoms with Gasteiger partial charge in [0, 0.05) is 11.0 Å². The summed E-state index contributed by atoms with van der Waals surface area (Å²) in [4.78, 5) is 10.8. The highest BCUT2D eigenvalue weighted by molar-refractivity contribution is 9.10. The van der Waals surface area contributed by atoms with Crippen molar-refractivity contribution in [1.29, 1.82) is 0 Å². The third-order valence-electron chi connectivity index (χ3n) is 2.90. The summed E-state index contributed by atoms with van der Waals surface area (Å²) < 4.78 is 26.9. The first-order chi connectivity index (χ1) is 9.59. The average molecular weight is 380 g/mol. The Balaban J connectivity index is 2.96. The monoisotopic (exact) mass is 379 g/mol. The number of carboxylic acid groups (broad SMARTS) is 1. The molecule has 8 heteroatoms. The maximum atomic E-state index is 12.2.